The molecule has 0 N–H and O–H groups in total. The van der Waals surface area contributed by atoms with Crippen LogP contribution in [0.3, 0.4) is 0 Å². The van der Waals surface area contributed by atoms with Crippen molar-refractivity contribution in [1.82, 2.24) is 0 Å². The minimum atomic E-state index is -1.02. The van der Waals surface area contributed by atoms with Gasteiger partial charge in [0, 0.05) is 7.11 Å². The zero-order valence-electron chi connectivity index (χ0n) is 6.40. The van der Waals surface area contributed by atoms with Gasteiger partial charge in [-0.1, -0.05) is 29.3 Å². The van der Waals surface area contributed by atoms with E-state index >= 15 is 0 Å². The number of halogens is 2. The molecule has 0 aromatic rings. The standard InChI is InChI=1S/C8H9Cl2O/c1-7(11-2)5-3-4-6-8(7,9)10/h3,5-6H,1-2H3. The second kappa shape index (κ2) is 2.81. The van der Waals surface area contributed by atoms with Crippen LogP contribution in [0.5, 0.6) is 0 Å². The van der Waals surface area contributed by atoms with Crippen molar-refractivity contribution in [1.29, 1.82) is 0 Å². The molecule has 61 valence electrons. The molecule has 3 heteroatoms. The summed E-state index contributed by atoms with van der Waals surface area (Å²) in [4.78, 5) is 0. The predicted octanol–water partition coefficient (Wildman–Crippen LogP) is 2.49. The molecule has 1 aliphatic rings. The van der Waals surface area contributed by atoms with Crippen molar-refractivity contribution in [3.8, 4) is 0 Å². The van der Waals surface area contributed by atoms with Gasteiger partial charge in [0.25, 0.3) is 0 Å². The van der Waals surface area contributed by atoms with Crippen molar-refractivity contribution < 1.29 is 4.74 Å². The monoisotopic (exact) mass is 191 g/mol. The Hall–Kier alpha value is 0.0200. The Balaban J connectivity index is 2.97. The Morgan fingerprint density at radius 2 is 2.09 bits per heavy atom. The normalized spacial score (nSPS) is 34.2. The van der Waals surface area contributed by atoms with Gasteiger partial charge in [0.05, 0.1) is 0 Å². The summed E-state index contributed by atoms with van der Waals surface area (Å²) in [6, 6.07) is 0. The van der Waals surface area contributed by atoms with E-state index < -0.39 is 9.93 Å². The lowest BCUT2D eigenvalue weighted by Crippen LogP contribution is -2.43. The molecule has 1 nitrogen and oxygen atoms in total. The Morgan fingerprint density at radius 1 is 1.45 bits per heavy atom. The lowest BCUT2D eigenvalue weighted by atomic mass is 9.96. The molecule has 0 fully saturated rings. The Bertz CT molecular complexity index is 208. The molecule has 1 aliphatic carbocycles. The summed E-state index contributed by atoms with van der Waals surface area (Å²) in [6.45, 7) is 1.82. The molecule has 0 spiro atoms. The summed E-state index contributed by atoms with van der Waals surface area (Å²) in [7, 11) is 1.57. The van der Waals surface area contributed by atoms with E-state index in [1.165, 1.54) is 0 Å². The molecule has 1 unspecified atom stereocenters. The summed E-state index contributed by atoms with van der Waals surface area (Å²) in [5.41, 5.74) is -0.651. The zero-order valence-corrected chi connectivity index (χ0v) is 7.91. The van der Waals surface area contributed by atoms with Gasteiger partial charge in [0.2, 0.25) is 0 Å². The van der Waals surface area contributed by atoms with Gasteiger partial charge in [-0.3, -0.25) is 0 Å². The van der Waals surface area contributed by atoms with Crippen molar-refractivity contribution in [3.05, 3.63) is 24.3 Å². The molecular formula is C8H9Cl2O. The Labute approximate surface area is 76.6 Å². The van der Waals surface area contributed by atoms with E-state index in [1.54, 1.807) is 25.3 Å². The van der Waals surface area contributed by atoms with Gasteiger partial charge >= 0.3 is 0 Å². The highest BCUT2D eigenvalue weighted by Crippen LogP contribution is 2.40. The van der Waals surface area contributed by atoms with Crippen LogP contribution in [0.1, 0.15) is 6.92 Å². The molecule has 11 heavy (non-hydrogen) atoms. The first-order valence-electron chi connectivity index (χ1n) is 3.23. The Kier molecular flexibility index (Phi) is 2.33. The number of alkyl halides is 2. The van der Waals surface area contributed by atoms with E-state index in [4.69, 9.17) is 27.9 Å². The van der Waals surface area contributed by atoms with Crippen molar-refractivity contribution in [3.63, 3.8) is 0 Å². The molecule has 1 atom stereocenters. The van der Waals surface area contributed by atoms with Gasteiger partial charge in [0.1, 0.15) is 5.60 Å². The zero-order chi connectivity index (χ0) is 8.54. The highest BCUT2D eigenvalue weighted by atomic mass is 35.5. The molecule has 0 saturated heterocycles. The second-order valence-corrected chi connectivity index (χ2v) is 3.96. The number of hydrogen-bond acceptors (Lipinski definition) is 1. The molecular weight excluding hydrogens is 183 g/mol. The molecule has 0 amide bonds. The SMILES string of the molecule is COC1(C)C=C[C]=CC1(Cl)Cl. The lowest BCUT2D eigenvalue weighted by Gasteiger charge is -2.35. The van der Waals surface area contributed by atoms with Crippen molar-refractivity contribution in [2.24, 2.45) is 0 Å². The van der Waals surface area contributed by atoms with Gasteiger partial charge in [0.15, 0.2) is 4.33 Å². The number of hydrogen-bond donors (Lipinski definition) is 0. The second-order valence-electron chi connectivity index (χ2n) is 2.58. The van der Waals surface area contributed by atoms with E-state index in [0.29, 0.717) is 0 Å². The van der Waals surface area contributed by atoms with Gasteiger partial charge in [-0.15, -0.1) is 0 Å². The van der Waals surface area contributed by atoms with Crippen LogP contribution in [0.4, 0.5) is 0 Å². The first-order valence-corrected chi connectivity index (χ1v) is 3.98. The minimum absolute atomic E-state index is 0.651. The summed E-state index contributed by atoms with van der Waals surface area (Å²) in [6.07, 6.45) is 7.93. The molecule has 1 radical (unpaired) electrons. The van der Waals surface area contributed by atoms with Gasteiger partial charge in [-0.05, 0) is 25.2 Å². The molecule has 0 aromatic heterocycles. The minimum Gasteiger partial charge on any atom is -0.371 e. The van der Waals surface area contributed by atoms with Crippen molar-refractivity contribution in [2.45, 2.75) is 16.9 Å². The number of methoxy groups -OCH3 is 1. The van der Waals surface area contributed by atoms with E-state index in [2.05, 4.69) is 6.08 Å². The van der Waals surface area contributed by atoms with Crippen molar-refractivity contribution >= 4 is 23.2 Å². The van der Waals surface area contributed by atoms with Crippen LogP contribution in [0.2, 0.25) is 0 Å². The summed E-state index contributed by atoms with van der Waals surface area (Å²) < 4.78 is 4.15. The largest absolute Gasteiger partial charge is 0.371 e. The maximum absolute atomic E-state index is 5.95. The first-order chi connectivity index (χ1) is 5.02. The van der Waals surface area contributed by atoms with Crippen LogP contribution in [0.15, 0.2) is 18.2 Å². The highest BCUT2D eigenvalue weighted by molar-refractivity contribution is 6.51. The topological polar surface area (TPSA) is 9.23 Å². The lowest BCUT2D eigenvalue weighted by molar-refractivity contribution is 0.0437. The molecule has 0 bridgehead atoms. The van der Waals surface area contributed by atoms with Crippen LogP contribution in [0, 0.1) is 6.08 Å². The number of allylic oxidation sites excluding steroid dienone is 2. The molecule has 0 aliphatic heterocycles. The quantitative estimate of drug-likeness (QED) is 0.580. The van der Waals surface area contributed by atoms with Crippen LogP contribution < -0.4 is 0 Å². The van der Waals surface area contributed by atoms with Crippen LogP contribution in [-0.4, -0.2) is 17.0 Å². The predicted molar refractivity (Wildman–Crippen MR) is 46.8 cm³/mol. The van der Waals surface area contributed by atoms with E-state index in [9.17, 15) is 0 Å². The van der Waals surface area contributed by atoms with Crippen LogP contribution >= 0.6 is 23.2 Å². The first kappa shape index (κ1) is 9.11. The third-order valence-corrected chi connectivity index (χ3v) is 2.82. The third-order valence-electron chi connectivity index (χ3n) is 1.85. The Morgan fingerprint density at radius 3 is 2.45 bits per heavy atom. The molecule has 0 saturated carbocycles. The fourth-order valence-corrected chi connectivity index (χ4v) is 1.22. The van der Waals surface area contributed by atoms with Gasteiger partial charge < -0.3 is 4.74 Å². The van der Waals surface area contributed by atoms with Gasteiger partial charge in [-0.2, -0.15) is 0 Å². The van der Waals surface area contributed by atoms with Crippen molar-refractivity contribution in [2.75, 3.05) is 7.11 Å². The van der Waals surface area contributed by atoms with E-state index in [1.807, 2.05) is 6.92 Å². The molecule has 0 aromatic carbocycles. The molecule has 0 heterocycles. The fraction of sp³-hybridized carbons (Fsp3) is 0.500. The average Bonchev–Trinajstić information content (AvgIpc) is 1.95. The maximum Gasteiger partial charge on any atom is 0.169 e. The average molecular weight is 192 g/mol. The summed E-state index contributed by atoms with van der Waals surface area (Å²) >= 11 is 11.9. The maximum atomic E-state index is 5.95. The van der Waals surface area contributed by atoms with Crippen LogP contribution in [0.25, 0.3) is 0 Å². The number of rotatable bonds is 1. The number of ether oxygens (including phenoxy) is 1. The summed E-state index contributed by atoms with van der Waals surface area (Å²) in [5, 5.41) is 0. The van der Waals surface area contributed by atoms with E-state index in [0.717, 1.165) is 0 Å². The van der Waals surface area contributed by atoms with Gasteiger partial charge in [-0.25, -0.2) is 0 Å². The highest BCUT2D eigenvalue weighted by Gasteiger charge is 2.43. The smallest absolute Gasteiger partial charge is 0.169 e. The van der Waals surface area contributed by atoms with E-state index in [-0.39, 0.29) is 0 Å². The van der Waals surface area contributed by atoms with Crippen LogP contribution in [-0.2, 0) is 4.74 Å². The molecule has 1 rings (SSSR count). The fourth-order valence-electron chi connectivity index (χ4n) is 0.818. The third kappa shape index (κ3) is 1.46. The summed E-state index contributed by atoms with van der Waals surface area (Å²) in [5.74, 6) is 0.